The Morgan fingerprint density at radius 2 is 2.20 bits per heavy atom. The van der Waals surface area contributed by atoms with E-state index in [-0.39, 0.29) is 0 Å². The van der Waals surface area contributed by atoms with Gasteiger partial charge in [0.2, 0.25) is 0 Å². The quantitative estimate of drug-likeness (QED) is 0.731. The maximum atomic E-state index is 5.51. The van der Waals surface area contributed by atoms with Gasteiger partial charge in [-0.15, -0.1) is 0 Å². The molecule has 0 amide bonds. The van der Waals surface area contributed by atoms with Crippen LogP contribution in [0.5, 0.6) is 0 Å². The van der Waals surface area contributed by atoms with Crippen molar-refractivity contribution in [2.24, 2.45) is 0 Å². The van der Waals surface area contributed by atoms with Crippen LogP contribution < -0.4 is 0 Å². The van der Waals surface area contributed by atoms with Crippen LogP contribution in [0.15, 0.2) is 41.1 Å². The molecule has 0 bridgehead atoms. The summed E-state index contributed by atoms with van der Waals surface area (Å²) >= 11 is 0. The van der Waals surface area contributed by atoms with Crippen LogP contribution in [0.3, 0.4) is 0 Å². The van der Waals surface area contributed by atoms with Gasteiger partial charge in [-0.2, -0.15) is 5.10 Å². The minimum absolute atomic E-state index is 0.374. The van der Waals surface area contributed by atoms with E-state index in [9.17, 15) is 0 Å². The van der Waals surface area contributed by atoms with E-state index in [1.54, 1.807) is 6.26 Å². The Balaban J connectivity index is 1.59. The lowest BCUT2D eigenvalue weighted by Gasteiger charge is -2.31. The SMILES string of the molecule is Cc1cc(-n2nc(C)nc2[C@H]2CCCN(Cc3ccco3)C2)ccn1. The topological polar surface area (TPSA) is 60.0 Å². The summed E-state index contributed by atoms with van der Waals surface area (Å²) < 4.78 is 7.50. The van der Waals surface area contributed by atoms with E-state index < -0.39 is 0 Å². The normalized spacial score (nSPS) is 18.6. The Labute approximate surface area is 147 Å². The van der Waals surface area contributed by atoms with Gasteiger partial charge in [-0.25, -0.2) is 9.67 Å². The van der Waals surface area contributed by atoms with Gasteiger partial charge in [-0.1, -0.05) is 0 Å². The van der Waals surface area contributed by atoms with Crippen LogP contribution in [-0.4, -0.2) is 37.7 Å². The summed E-state index contributed by atoms with van der Waals surface area (Å²) in [5.74, 6) is 3.25. The third-order valence-electron chi connectivity index (χ3n) is 4.69. The summed E-state index contributed by atoms with van der Waals surface area (Å²) in [6, 6.07) is 8.04. The molecule has 1 fully saturated rings. The number of hydrogen-bond acceptors (Lipinski definition) is 5. The van der Waals surface area contributed by atoms with Gasteiger partial charge in [0.1, 0.15) is 17.4 Å². The zero-order valence-corrected chi connectivity index (χ0v) is 14.7. The van der Waals surface area contributed by atoms with Gasteiger partial charge in [0.15, 0.2) is 0 Å². The molecular weight excluding hydrogens is 314 g/mol. The van der Waals surface area contributed by atoms with Crippen molar-refractivity contribution in [1.29, 1.82) is 0 Å². The molecule has 0 N–H and O–H groups in total. The number of hydrogen-bond donors (Lipinski definition) is 0. The van der Waals surface area contributed by atoms with Crippen molar-refractivity contribution in [3.05, 3.63) is 59.8 Å². The third-order valence-corrected chi connectivity index (χ3v) is 4.69. The molecule has 25 heavy (non-hydrogen) atoms. The fourth-order valence-electron chi connectivity index (χ4n) is 3.58. The first-order valence-electron chi connectivity index (χ1n) is 8.80. The molecule has 6 heteroatoms. The van der Waals surface area contributed by atoms with E-state index in [0.29, 0.717) is 5.92 Å². The van der Waals surface area contributed by atoms with Gasteiger partial charge in [-0.3, -0.25) is 9.88 Å². The molecule has 4 heterocycles. The molecule has 130 valence electrons. The lowest BCUT2D eigenvalue weighted by Crippen LogP contribution is -2.34. The van der Waals surface area contributed by atoms with E-state index >= 15 is 0 Å². The molecule has 1 aliphatic heterocycles. The zero-order chi connectivity index (χ0) is 17.2. The first kappa shape index (κ1) is 16.0. The summed E-state index contributed by atoms with van der Waals surface area (Å²) in [4.78, 5) is 11.5. The van der Waals surface area contributed by atoms with Crippen LogP contribution in [-0.2, 0) is 6.54 Å². The predicted molar refractivity (Wildman–Crippen MR) is 94.6 cm³/mol. The van der Waals surface area contributed by atoms with Crippen LogP contribution in [0.1, 0.15) is 41.9 Å². The van der Waals surface area contributed by atoms with Crippen molar-refractivity contribution in [1.82, 2.24) is 24.6 Å². The van der Waals surface area contributed by atoms with Crippen LogP contribution in [0, 0.1) is 13.8 Å². The second-order valence-corrected chi connectivity index (χ2v) is 6.74. The minimum Gasteiger partial charge on any atom is -0.468 e. The van der Waals surface area contributed by atoms with Gasteiger partial charge in [0, 0.05) is 24.4 Å². The second-order valence-electron chi connectivity index (χ2n) is 6.74. The Morgan fingerprint density at radius 3 is 3.00 bits per heavy atom. The third kappa shape index (κ3) is 3.49. The molecule has 0 unspecified atom stereocenters. The predicted octanol–water partition coefficient (Wildman–Crippen LogP) is 3.25. The van der Waals surface area contributed by atoms with Crippen LogP contribution in [0.4, 0.5) is 0 Å². The van der Waals surface area contributed by atoms with Crippen molar-refractivity contribution < 1.29 is 4.42 Å². The van der Waals surface area contributed by atoms with Crippen molar-refractivity contribution >= 4 is 0 Å². The molecule has 0 saturated carbocycles. The average Bonchev–Trinajstić information content (AvgIpc) is 3.25. The molecule has 1 saturated heterocycles. The second kappa shape index (κ2) is 6.80. The summed E-state index contributed by atoms with van der Waals surface area (Å²) in [7, 11) is 0. The highest BCUT2D eigenvalue weighted by atomic mass is 16.3. The van der Waals surface area contributed by atoms with Crippen LogP contribution in [0.2, 0.25) is 0 Å². The molecule has 1 aliphatic rings. The summed E-state index contributed by atoms with van der Waals surface area (Å²) in [5, 5.41) is 4.64. The summed E-state index contributed by atoms with van der Waals surface area (Å²) in [6.07, 6.45) is 5.86. The molecule has 0 aromatic carbocycles. The lowest BCUT2D eigenvalue weighted by atomic mass is 9.97. The fourth-order valence-corrected chi connectivity index (χ4v) is 3.58. The van der Waals surface area contributed by atoms with Gasteiger partial charge in [-0.05, 0) is 57.5 Å². The van der Waals surface area contributed by atoms with Crippen molar-refractivity contribution in [3.63, 3.8) is 0 Å². The zero-order valence-electron chi connectivity index (χ0n) is 14.7. The number of piperidine rings is 1. The molecule has 1 atom stereocenters. The number of nitrogens with zero attached hydrogens (tertiary/aromatic N) is 5. The molecule has 0 spiro atoms. The summed E-state index contributed by atoms with van der Waals surface area (Å²) in [5.41, 5.74) is 2.02. The number of aromatic nitrogens is 4. The molecular formula is C19H23N5O. The maximum Gasteiger partial charge on any atom is 0.148 e. The van der Waals surface area contributed by atoms with E-state index in [1.807, 2.05) is 42.9 Å². The highest BCUT2D eigenvalue weighted by Crippen LogP contribution is 2.28. The largest absolute Gasteiger partial charge is 0.468 e. The van der Waals surface area contributed by atoms with E-state index in [4.69, 9.17) is 9.40 Å². The van der Waals surface area contributed by atoms with E-state index in [0.717, 1.165) is 61.3 Å². The van der Waals surface area contributed by atoms with Crippen LogP contribution >= 0.6 is 0 Å². The average molecular weight is 337 g/mol. The first-order chi connectivity index (χ1) is 12.2. The van der Waals surface area contributed by atoms with E-state index in [2.05, 4.69) is 21.0 Å². The minimum atomic E-state index is 0.374. The Bertz CT molecular complexity index is 839. The Kier molecular flexibility index (Phi) is 4.36. The fraction of sp³-hybridized carbons (Fsp3) is 0.421. The monoisotopic (exact) mass is 337 g/mol. The molecule has 3 aromatic heterocycles. The molecule has 4 rings (SSSR count). The molecule has 0 radical (unpaired) electrons. The van der Waals surface area contributed by atoms with Crippen molar-refractivity contribution in [2.45, 2.75) is 39.2 Å². The van der Waals surface area contributed by atoms with Gasteiger partial charge in [0.25, 0.3) is 0 Å². The number of aryl methyl sites for hydroxylation is 2. The smallest absolute Gasteiger partial charge is 0.148 e. The van der Waals surface area contributed by atoms with Crippen molar-refractivity contribution in [3.8, 4) is 5.69 Å². The maximum absolute atomic E-state index is 5.51. The Morgan fingerprint density at radius 1 is 1.28 bits per heavy atom. The van der Waals surface area contributed by atoms with Gasteiger partial charge in [0.05, 0.1) is 18.5 Å². The molecule has 3 aromatic rings. The van der Waals surface area contributed by atoms with Crippen LogP contribution in [0.25, 0.3) is 5.69 Å². The van der Waals surface area contributed by atoms with Gasteiger partial charge >= 0.3 is 0 Å². The van der Waals surface area contributed by atoms with E-state index in [1.165, 1.54) is 0 Å². The Hall–Kier alpha value is -2.47. The number of furan rings is 1. The highest BCUT2D eigenvalue weighted by Gasteiger charge is 2.27. The van der Waals surface area contributed by atoms with Gasteiger partial charge < -0.3 is 4.42 Å². The van der Waals surface area contributed by atoms with Crippen molar-refractivity contribution in [2.75, 3.05) is 13.1 Å². The number of likely N-dealkylation sites (tertiary alicyclic amines) is 1. The summed E-state index contributed by atoms with van der Waals surface area (Å²) in [6.45, 7) is 6.88. The number of rotatable bonds is 4. The highest BCUT2D eigenvalue weighted by molar-refractivity contribution is 5.32. The number of pyridine rings is 1. The first-order valence-corrected chi connectivity index (χ1v) is 8.80. The molecule has 0 aliphatic carbocycles. The lowest BCUT2D eigenvalue weighted by molar-refractivity contribution is 0.182. The molecule has 6 nitrogen and oxygen atoms in total. The standard InChI is InChI=1S/C19H23N5O/c1-14-11-17(7-8-20-14)24-19(21-15(2)22-24)16-5-3-9-23(12-16)13-18-6-4-10-25-18/h4,6-8,10-11,16H,3,5,9,12-13H2,1-2H3/t16-/m0/s1.